The van der Waals surface area contributed by atoms with Gasteiger partial charge in [-0.3, -0.25) is 8.37 Å². The lowest BCUT2D eigenvalue weighted by molar-refractivity contribution is -0.0221. The zero-order valence-electron chi connectivity index (χ0n) is 21.3. The molecule has 184 valence electrons. The van der Waals surface area contributed by atoms with Crippen LogP contribution in [-0.2, 0) is 8.37 Å². The number of aliphatic hydroxyl groups is 1. The van der Waals surface area contributed by atoms with E-state index in [1.807, 2.05) is 12.5 Å². The van der Waals surface area contributed by atoms with Crippen LogP contribution in [0.25, 0.3) is 0 Å². The normalized spacial score (nSPS) is 14.7. The molecule has 0 spiro atoms. The summed E-state index contributed by atoms with van der Waals surface area (Å²) in [5.74, 6) is 0.964. The van der Waals surface area contributed by atoms with Crippen molar-refractivity contribution >= 4 is 10.6 Å². The number of aliphatic hydroxyl groups excluding tert-OH is 1. The van der Waals surface area contributed by atoms with E-state index in [2.05, 4.69) is 20.8 Å². The third-order valence-corrected chi connectivity index (χ3v) is 7.47. The molecule has 0 aromatic heterocycles. The third-order valence-electron chi connectivity index (χ3n) is 6.05. The van der Waals surface area contributed by atoms with Crippen molar-refractivity contribution in [3.63, 3.8) is 0 Å². The highest BCUT2D eigenvalue weighted by Crippen LogP contribution is 2.44. The van der Waals surface area contributed by atoms with E-state index in [1.165, 1.54) is 96.3 Å². The molecule has 0 saturated heterocycles. The van der Waals surface area contributed by atoms with E-state index >= 15 is 0 Å². The zero-order valence-corrected chi connectivity index (χ0v) is 22.1. The Hall–Kier alpha value is 0.230. The second kappa shape index (κ2) is 21.1. The van der Waals surface area contributed by atoms with Gasteiger partial charge < -0.3 is 5.11 Å². The molecule has 0 heterocycles. The smallest absolute Gasteiger partial charge is 0.177 e. The van der Waals surface area contributed by atoms with E-state index in [0.29, 0.717) is 0 Å². The van der Waals surface area contributed by atoms with Gasteiger partial charge in [-0.2, -0.15) is 10.6 Å². The maximum atomic E-state index is 10.2. The van der Waals surface area contributed by atoms with E-state index in [9.17, 15) is 5.11 Å². The summed E-state index contributed by atoms with van der Waals surface area (Å²) in [6.07, 6.45) is 26.2. The fourth-order valence-corrected chi connectivity index (χ4v) is 5.29. The first-order chi connectivity index (χ1) is 14.4. The Kier molecular flexibility index (Phi) is 21.3. The summed E-state index contributed by atoms with van der Waals surface area (Å²) >= 11 is 0. The van der Waals surface area contributed by atoms with Crippen molar-refractivity contribution in [2.24, 2.45) is 5.92 Å². The maximum absolute atomic E-state index is 10.2. The number of rotatable bonds is 23. The van der Waals surface area contributed by atoms with E-state index in [1.54, 1.807) is 0 Å². The molecule has 0 saturated carbocycles. The summed E-state index contributed by atoms with van der Waals surface area (Å²) < 4.78 is 11.7. The van der Waals surface area contributed by atoms with Crippen molar-refractivity contribution in [1.29, 1.82) is 0 Å². The Morgan fingerprint density at radius 3 is 1.73 bits per heavy atom. The zero-order chi connectivity index (χ0) is 22.5. The highest BCUT2D eigenvalue weighted by atomic mass is 32.3. The van der Waals surface area contributed by atoms with Gasteiger partial charge >= 0.3 is 0 Å². The van der Waals surface area contributed by atoms with Crippen molar-refractivity contribution in [2.75, 3.05) is 19.1 Å². The number of hydrogen-bond acceptors (Lipinski definition) is 3. The minimum absolute atomic E-state index is 0.676. The maximum Gasteiger partial charge on any atom is 0.177 e. The monoisotopic (exact) mass is 448 g/mol. The second-order valence-electron chi connectivity index (χ2n) is 9.40. The highest BCUT2D eigenvalue weighted by molar-refractivity contribution is 8.24. The lowest BCUT2D eigenvalue weighted by Crippen LogP contribution is -2.17. The highest BCUT2D eigenvalue weighted by Gasteiger charge is 2.15. The predicted molar refractivity (Wildman–Crippen MR) is 136 cm³/mol. The van der Waals surface area contributed by atoms with Gasteiger partial charge in [0.05, 0.1) is 6.61 Å². The molecule has 0 aliphatic carbocycles. The van der Waals surface area contributed by atoms with Crippen LogP contribution in [0.2, 0.25) is 0 Å². The topological polar surface area (TPSA) is 38.7 Å². The van der Waals surface area contributed by atoms with Gasteiger partial charge in [-0.1, -0.05) is 117 Å². The first-order valence-corrected chi connectivity index (χ1v) is 15.5. The molecule has 0 aromatic carbocycles. The molecule has 0 rings (SSSR count). The van der Waals surface area contributed by atoms with Gasteiger partial charge in [-0.25, -0.2) is 0 Å². The molecule has 4 heteroatoms. The van der Waals surface area contributed by atoms with Gasteiger partial charge in [-0.15, -0.1) is 0 Å². The Balaban J connectivity index is 3.52. The molecule has 3 nitrogen and oxygen atoms in total. The number of unbranched alkanes of at least 4 members (excludes halogenated alkanes) is 11. The quantitative estimate of drug-likeness (QED) is 0.125. The van der Waals surface area contributed by atoms with Gasteiger partial charge in [0.1, 0.15) is 0 Å². The van der Waals surface area contributed by atoms with Crippen molar-refractivity contribution in [3.05, 3.63) is 0 Å². The van der Waals surface area contributed by atoms with Crippen LogP contribution in [0.15, 0.2) is 0 Å². The average molecular weight is 449 g/mol. The Morgan fingerprint density at radius 2 is 1.17 bits per heavy atom. The van der Waals surface area contributed by atoms with Crippen molar-refractivity contribution < 1.29 is 13.5 Å². The molecule has 2 unspecified atom stereocenters. The second-order valence-corrected chi connectivity index (χ2v) is 12.1. The summed E-state index contributed by atoms with van der Waals surface area (Å²) in [6, 6.07) is 0. The first-order valence-electron chi connectivity index (χ1n) is 13.2. The molecular weight excluding hydrogens is 392 g/mol. The molecule has 0 radical (unpaired) electrons. The minimum atomic E-state index is -1.60. The fourth-order valence-electron chi connectivity index (χ4n) is 4.08. The van der Waals surface area contributed by atoms with Gasteiger partial charge in [-0.05, 0) is 18.8 Å². The minimum Gasteiger partial charge on any atom is -0.366 e. The van der Waals surface area contributed by atoms with E-state index in [-0.39, 0.29) is 0 Å². The molecule has 1 N–H and O–H groups in total. The van der Waals surface area contributed by atoms with Crippen molar-refractivity contribution in [3.8, 4) is 0 Å². The summed E-state index contributed by atoms with van der Waals surface area (Å²) in [5.41, 5.74) is 0. The predicted octanol–water partition coefficient (Wildman–Crippen LogP) is 8.93. The molecule has 0 amide bonds. The molecule has 0 fully saturated rings. The van der Waals surface area contributed by atoms with Crippen LogP contribution < -0.4 is 0 Å². The molecule has 2 atom stereocenters. The summed E-state index contributed by atoms with van der Waals surface area (Å²) in [5, 5.41) is 10.2. The van der Waals surface area contributed by atoms with Crippen LogP contribution >= 0.6 is 10.6 Å². The van der Waals surface area contributed by atoms with E-state index in [0.717, 1.165) is 31.8 Å². The molecule has 0 aliphatic rings. The lowest BCUT2D eigenvalue weighted by atomic mass is 9.94. The molecule has 0 aliphatic heterocycles. The largest absolute Gasteiger partial charge is 0.366 e. The SMILES string of the molecule is CCCCCCCOS(C)(C)OC(O)CCCCCCCCCCC(CC)CCC. The van der Waals surface area contributed by atoms with E-state index < -0.39 is 16.9 Å². The Morgan fingerprint density at radius 1 is 0.633 bits per heavy atom. The summed E-state index contributed by atoms with van der Waals surface area (Å²) in [7, 11) is -1.60. The standard InChI is InChI=1S/C26H56O3S/c1-6-9-10-17-20-24-28-30(4,5)29-26(27)23-19-16-14-12-11-13-15-18-22-25(8-3)21-7-2/h25-27H,6-24H2,1-5H3. The van der Waals surface area contributed by atoms with Crippen LogP contribution in [0.1, 0.15) is 136 Å². The van der Waals surface area contributed by atoms with E-state index in [4.69, 9.17) is 8.37 Å². The van der Waals surface area contributed by atoms with Crippen LogP contribution in [0, 0.1) is 5.92 Å². The Bertz CT molecular complexity index is 349. The molecule has 0 bridgehead atoms. The lowest BCUT2D eigenvalue weighted by Gasteiger charge is -2.37. The first kappa shape index (κ1) is 30.2. The Labute approximate surface area is 191 Å². The molecular formula is C26H56O3S. The van der Waals surface area contributed by atoms with Crippen molar-refractivity contribution in [2.45, 2.75) is 143 Å². The van der Waals surface area contributed by atoms with Gasteiger partial charge in [0.25, 0.3) is 0 Å². The summed E-state index contributed by atoms with van der Waals surface area (Å²) in [6.45, 7) is 7.63. The summed E-state index contributed by atoms with van der Waals surface area (Å²) in [4.78, 5) is 0. The number of hydrogen-bond donors (Lipinski definition) is 1. The van der Waals surface area contributed by atoms with Crippen LogP contribution in [-0.4, -0.2) is 30.5 Å². The van der Waals surface area contributed by atoms with Crippen LogP contribution in [0.4, 0.5) is 0 Å². The third kappa shape index (κ3) is 20.2. The van der Waals surface area contributed by atoms with Gasteiger partial charge in [0.2, 0.25) is 0 Å². The molecule has 0 aromatic rings. The van der Waals surface area contributed by atoms with Crippen LogP contribution in [0.3, 0.4) is 0 Å². The molecule has 30 heavy (non-hydrogen) atoms. The van der Waals surface area contributed by atoms with Crippen LogP contribution in [0.5, 0.6) is 0 Å². The average Bonchev–Trinajstić information content (AvgIpc) is 2.70. The fraction of sp³-hybridized carbons (Fsp3) is 1.00. The van der Waals surface area contributed by atoms with Gasteiger partial charge in [0, 0.05) is 18.9 Å². The van der Waals surface area contributed by atoms with Crippen molar-refractivity contribution in [1.82, 2.24) is 0 Å². The van der Waals surface area contributed by atoms with Gasteiger partial charge in [0.15, 0.2) is 6.29 Å².